The Morgan fingerprint density at radius 1 is 1.32 bits per heavy atom. The van der Waals surface area contributed by atoms with Gasteiger partial charge >= 0.3 is 0 Å². The summed E-state index contributed by atoms with van der Waals surface area (Å²) >= 11 is 0. The van der Waals surface area contributed by atoms with Crippen LogP contribution in [-0.4, -0.2) is 56.6 Å². The van der Waals surface area contributed by atoms with Crippen molar-refractivity contribution in [3.05, 3.63) is 41.8 Å². The number of hydrogen-bond acceptors (Lipinski definition) is 7. The van der Waals surface area contributed by atoms with Crippen molar-refractivity contribution in [1.82, 2.24) is 25.3 Å². The molecule has 1 N–H and O–H groups in total. The van der Waals surface area contributed by atoms with Crippen LogP contribution in [0.4, 0.5) is 0 Å². The number of nitrogens with one attached hydrogen (secondary N) is 1. The van der Waals surface area contributed by atoms with Gasteiger partial charge in [0.15, 0.2) is 5.82 Å². The highest BCUT2D eigenvalue weighted by molar-refractivity contribution is 5.81. The number of aryl methyl sites for hydroxylation is 1. The van der Waals surface area contributed by atoms with Crippen LogP contribution in [-0.2, 0) is 27.3 Å². The second-order valence-electron chi connectivity index (χ2n) is 7.17. The number of hydrogen-bond donors (Lipinski definition) is 1. The Labute approximate surface area is 162 Å². The van der Waals surface area contributed by atoms with Gasteiger partial charge in [0.25, 0.3) is 0 Å². The maximum Gasteiger partial charge on any atom is 0.249 e. The molecule has 2 aliphatic rings. The summed E-state index contributed by atoms with van der Waals surface area (Å²) in [5.41, 5.74) is 0.943. The van der Waals surface area contributed by atoms with Gasteiger partial charge in [-0.1, -0.05) is 11.2 Å². The van der Waals surface area contributed by atoms with Crippen LogP contribution < -0.4 is 5.32 Å². The van der Waals surface area contributed by atoms with E-state index in [1.54, 1.807) is 19.3 Å². The minimum atomic E-state index is -0.480. The highest BCUT2D eigenvalue weighted by atomic mass is 16.5. The van der Waals surface area contributed by atoms with Gasteiger partial charge in [0.2, 0.25) is 17.7 Å². The summed E-state index contributed by atoms with van der Waals surface area (Å²) < 4.78 is 11.1. The Morgan fingerprint density at radius 3 is 2.96 bits per heavy atom. The van der Waals surface area contributed by atoms with Crippen LogP contribution in [0.1, 0.15) is 36.5 Å². The zero-order chi connectivity index (χ0) is 19.5. The molecule has 0 spiro atoms. The standard InChI is InChI=1S/C19H23N5O4/c1-12-22-17(28-23-12)9-18(25)24-8-6-15-14(24)4-5-16(27-15)19(26)21-11-13-3-2-7-20-10-13/h2-3,7,10,14-16H,4-6,8-9,11H2,1H3,(H,21,26)/t14-,15-,16-/m1/s1. The molecule has 0 saturated carbocycles. The van der Waals surface area contributed by atoms with Crippen molar-refractivity contribution in [2.75, 3.05) is 6.54 Å². The second kappa shape index (κ2) is 8.05. The molecule has 0 aliphatic carbocycles. The van der Waals surface area contributed by atoms with Crippen LogP contribution >= 0.6 is 0 Å². The number of fused-ring (bicyclic) bond motifs is 1. The first kappa shape index (κ1) is 18.5. The summed E-state index contributed by atoms with van der Waals surface area (Å²) in [6, 6.07) is 3.75. The molecule has 0 bridgehead atoms. The van der Waals surface area contributed by atoms with Gasteiger partial charge in [-0.2, -0.15) is 4.98 Å². The van der Waals surface area contributed by atoms with Gasteiger partial charge in [-0.05, 0) is 37.8 Å². The van der Waals surface area contributed by atoms with E-state index in [2.05, 4.69) is 20.4 Å². The Hall–Kier alpha value is -2.81. The second-order valence-corrected chi connectivity index (χ2v) is 7.17. The number of likely N-dealkylation sites (tertiary alicyclic amines) is 1. The van der Waals surface area contributed by atoms with E-state index in [9.17, 15) is 9.59 Å². The number of aromatic nitrogens is 3. The Bertz CT molecular complexity index is 840. The van der Waals surface area contributed by atoms with Crippen LogP contribution in [0.3, 0.4) is 0 Å². The predicted molar refractivity (Wildman–Crippen MR) is 96.8 cm³/mol. The zero-order valence-corrected chi connectivity index (χ0v) is 15.7. The number of amides is 2. The summed E-state index contributed by atoms with van der Waals surface area (Å²) in [4.78, 5) is 35.0. The lowest BCUT2D eigenvalue weighted by Crippen LogP contribution is -2.49. The number of carbonyl (C=O) groups is 2. The minimum absolute atomic E-state index is 0.00103. The molecule has 2 fully saturated rings. The van der Waals surface area contributed by atoms with E-state index in [0.717, 1.165) is 18.4 Å². The molecular formula is C19H23N5O4. The topological polar surface area (TPSA) is 110 Å². The molecule has 2 saturated heterocycles. The third kappa shape index (κ3) is 4.04. The monoisotopic (exact) mass is 385 g/mol. The average Bonchev–Trinajstić information content (AvgIpc) is 3.32. The van der Waals surface area contributed by atoms with Gasteiger partial charge in [0.1, 0.15) is 12.5 Å². The molecule has 0 radical (unpaired) electrons. The average molecular weight is 385 g/mol. The summed E-state index contributed by atoms with van der Waals surface area (Å²) in [5, 5.41) is 6.62. The van der Waals surface area contributed by atoms with E-state index in [1.807, 2.05) is 17.0 Å². The van der Waals surface area contributed by atoms with Gasteiger partial charge in [-0.25, -0.2) is 0 Å². The van der Waals surface area contributed by atoms with Gasteiger partial charge < -0.3 is 19.5 Å². The third-order valence-corrected chi connectivity index (χ3v) is 5.22. The first-order valence-electron chi connectivity index (χ1n) is 9.51. The number of carbonyl (C=O) groups excluding carboxylic acids is 2. The SMILES string of the molecule is Cc1noc(CC(=O)N2CC[C@H]3O[C@@H](C(=O)NCc4cccnc4)CC[C@H]32)n1. The number of pyridine rings is 1. The van der Waals surface area contributed by atoms with Gasteiger partial charge in [-0.15, -0.1) is 0 Å². The third-order valence-electron chi connectivity index (χ3n) is 5.22. The lowest BCUT2D eigenvalue weighted by molar-refractivity contribution is -0.147. The molecule has 0 aromatic carbocycles. The fourth-order valence-corrected chi connectivity index (χ4v) is 3.88. The van der Waals surface area contributed by atoms with E-state index in [-0.39, 0.29) is 30.4 Å². The fourth-order valence-electron chi connectivity index (χ4n) is 3.88. The van der Waals surface area contributed by atoms with E-state index in [1.165, 1.54) is 0 Å². The maximum atomic E-state index is 12.6. The van der Waals surface area contributed by atoms with E-state index in [4.69, 9.17) is 9.26 Å². The molecule has 9 heteroatoms. The van der Waals surface area contributed by atoms with Crippen molar-refractivity contribution in [3.8, 4) is 0 Å². The summed E-state index contributed by atoms with van der Waals surface area (Å²) in [5.74, 6) is 0.686. The minimum Gasteiger partial charge on any atom is -0.363 e. The normalized spacial score (nSPS) is 24.0. The molecule has 2 aliphatic heterocycles. The quantitative estimate of drug-likeness (QED) is 0.810. The Morgan fingerprint density at radius 2 is 2.21 bits per heavy atom. The molecule has 4 heterocycles. The number of nitrogens with zero attached hydrogens (tertiary/aromatic N) is 4. The van der Waals surface area contributed by atoms with Crippen molar-refractivity contribution >= 4 is 11.8 Å². The molecule has 28 heavy (non-hydrogen) atoms. The van der Waals surface area contributed by atoms with E-state index in [0.29, 0.717) is 31.2 Å². The predicted octanol–water partition coefficient (Wildman–Crippen LogP) is 0.780. The first-order valence-corrected chi connectivity index (χ1v) is 9.51. The zero-order valence-electron chi connectivity index (χ0n) is 15.7. The van der Waals surface area contributed by atoms with Crippen LogP contribution in [0, 0.1) is 6.92 Å². The van der Waals surface area contributed by atoms with E-state index >= 15 is 0 Å². The smallest absolute Gasteiger partial charge is 0.249 e. The highest BCUT2D eigenvalue weighted by Crippen LogP contribution is 2.32. The Balaban J connectivity index is 1.29. The molecule has 0 unspecified atom stereocenters. The van der Waals surface area contributed by atoms with Crippen LogP contribution in [0.25, 0.3) is 0 Å². The van der Waals surface area contributed by atoms with E-state index < -0.39 is 6.10 Å². The summed E-state index contributed by atoms with van der Waals surface area (Å²) in [7, 11) is 0. The van der Waals surface area contributed by atoms with Crippen molar-refractivity contribution in [2.24, 2.45) is 0 Å². The Kier molecular flexibility index (Phi) is 5.34. The fraction of sp³-hybridized carbons (Fsp3) is 0.526. The van der Waals surface area contributed by atoms with Crippen LogP contribution in [0.2, 0.25) is 0 Å². The summed E-state index contributed by atoms with van der Waals surface area (Å²) in [6.07, 6.45) is 4.98. The molecule has 148 valence electrons. The molecule has 2 aromatic heterocycles. The summed E-state index contributed by atoms with van der Waals surface area (Å²) in [6.45, 7) is 2.76. The maximum absolute atomic E-state index is 12.6. The van der Waals surface area contributed by atoms with Crippen molar-refractivity contribution < 1.29 is 18.8 Å². The molecule has 2 aromatic rings. The van der Waals surface area contributed by atoms with Gasteiger partial charge in [0, 0.05) is 25.5 Å². The number of rotatable bonds is 5. The van der Waals surface area contributed by atoms with Gasteiger partial charge in [-0.3, -0.25) is 14.6 Å². The lowest BCUT2D eigenvalue weighted by atomic mass is 9.98. The first-order chi connectivity index (χ1) is 13.6. The molecular weight excluding hydrogens is 362 g/mol. The van der Waals surface area contributed by atoms with Crippen molar-refractivity contribution in [3.63, 3.8) is 0 Å². The number of ether oxygens (including phenoxy) is 1. The largest absolute Gasteiger partial charge is 0.363 e. The molecule has 4 rings (SSSR count). The van der Waals surface area contributed by atoms with Crippen LogP contribution in [0.5, 0.6) is 0 Å². The lowest BCUT2D eigenvalue weighted by Gasteiger charge is -2.35. The van der Waals surface area contributed by atoms with Crippen molar-refractivity contribution in [1.29, 1.82) is 0 Å². The molecule has 9 nitrogen and oxygen atoms in total. The van der Waals surface area contributed by atoms with Crippen LogP contribution in [0.15, 0.2) is 29.0 Å². The van der Waals surface area contributed by atoms with Gasteiger partial charge in [0.05, 0.1) is 12.1 Å². The molecule has 3 atom stereocenters. The van der Waals surface area contributed by atoms with Crippen molar-refractivity contribution in [2.45, 2.75) is 57.4 Å². The highest BCUT2D eigenvalue weighted by Gasteiger charge is 2.43. The molecule has 2 amide bonds.